The number of rotatable bonds is 2. The van der Waals surface area contributed by atoms with Crippen molar-refractivity contribution in [3.63, 3.8) is 0 Å². The van der Waals surface area contributed by atoms with Crippen molar-refractivity contribution in [2.24, 2.45) is 0 Å². The Balaban J connectivity index is 1.77. The van der Waals surface area contributed by atoms with Gasteiger partial charge in [0.2, 0.25) is 0 Å². The Hall–Kier alpha value is -2.66. The Labute approximate surface area is 146 Å². The number of anilines is 1. The summed E-state index contributed by atoms with van der Waals surface area (Å²) in [5, 5.41) is 3.34. The lowest BCUT2D eigenvalue weighted by Gasteiger charge is -2.29. The third-order valence-electron chi connectivity index (χ3n) is 4.93. The molecule has 0 saturated carbocycles. The van der Waals surface area contributed by atoms with Crippen LogP contribution in [-0.4, -0.2) is 35.6 Å². The zero-order valence-electron chi connectivity index (χ0n) is 14.6. The maximum Gasteiger partial charge on any atom is 0.258 e. The summed E-state index contributed by atoms with van der Waals surface area (Å²) in [6.07, 6.45) is 1.90. The lowest BCUT2D eigenvalue weighted by Crippen LogP contribution is -2.43. The Morgan fingerprint density at radius 2 is 1.80 bits per heavy atom. The molecule has 0 radical (unpaired) electrons. The number of nitrogens with one attached hydrogen (secondary N) is 1. The van der Waals surface area contributed by atoms with Gasteiger partial charge in [-0.05, 0) is 43.2 Å². The van der Waals surface area contributed by atoms with Crippen LogP contribution < -0.4 is 15.8 Å². The van der Waals surface area contributed by atoms with Gasteiger partial charge in [0, 0.05) is 44.0 Å². The van der Waals surface area contributed by atoms with E-state index >= 15 is 0 Å². The molecule has 3 aromatic rings. The molecular formula is C20H22N4O. The van der Waals surface area contributed by atoms with Gasteiger partial charge in [-0.3, -0.25) is 9.20 Å². The summed E-state index contributed by atoms with van der Waals surface area (Å²) in [5.74, 6) is 0. The van der Waals surface area contributed by atoms with Crippen LogP contribution in [0.2, 0.25) is 0 Å². The minimum atomic E-state index is -0.0461. The number of hydrogen-bond acceptors (Lipinski definition) is 4. The van der Waals surface area contributed by atoms with Crippen molar-refractivity contribution in [1.82, 2.24) is 14.7 Å². The number of aryl methyl sites for hydroxylation is 2. The van der Waals surface area contributed by atoms with E-state index in [-0.39, 0.29) is 5.56 Å². The van der Waals surface area contributed by atoms with Gasteiger partial charge in [0.15, 0.2) is 0 Å². The molecule has 3 heterocycles. The van der Waals surface area contributed by atoms with Crippen LogP contribution in [-0.2, 0) is 0 Å². The number of pyridine rings is 1. The Morgan fingerprint density at radius 3 is 2.56 bits per heavy atom. The highest BCUT2D eigenvalue weighted by atomic mass is 16.1. The SMILES string of the molecule is Cc1ccc(-c2cc(=O)n3cc(N4CCNCC4)ccc3n2)cc1C. The summed E-state index contributed by atoms with van der Waals surface area (Å²) in [7, 11) is 0. The zero-order valence-corrected chi connectivity index (χ0v) is 14.6. The fraction of sp³-hybridized carbons (Fsp3) is 0.300. The fourth-order valence-electron chi connectivity index (χ4n) is 3.25. The van der Waals surface area contributed by atoms with Crippen molar-refractivity contribution < 1.29 is 0 Å². The Kier molecular flexibility index (Phi) is 4.01. The van der Waals surface area contributed by atoms with Crippen molar-refractivity contribution in [3.05, 3.63) is 64.1 Å². The number of benzene rings is 1. The number of aromatic nitrogens is 2. The molecular weight excluding hydrogens is 312 g/mol. The fourth-order valence-corrected chi connectivity index (χ4v) is 3.25. The van der Waals surface area contributed by atoms with Crippen LogP contribution in [0.1, 0.15) is 11.1 Å². The van der Waals surface area contributed by atoms with Crippen LogP contribution in [0.5, 0.6) is 0 Å². The second kappa shape index (κ2) is 6.33. The highest BCUT2D eigenvalue weighted by Gasteiger charge is 2.12. The second-order valence-corrected chi connectivity index (χ2v) is 6.63. The lowest BCUT2D eigenvalue weighted by molar-refractivity contribution is 0.588. The maximum absolute atomic E-state index is 12.7. The van der Waals surface area contributed by atoms with Crippen LogP contribution in [0.15, 0.2) is 47.4 Å². The largest absolute Gasteiger partial charge is 0.368 e. The average molecular weight is 334 g/mol. The van der Waals surface area contributed by atoms with Gasteiger partial charge < -0.3 is 10.2 Å². The number of piperazine rings is 1. The van der Waals surface area contributed by atoms with Gasteiger partial charge in [-0.25, -0.2) is 4.98 Å². The first-order chi connectivity index (χ1) is 12.1. The first kappa shape index (κ1) is 15.8. The van der Waals surface area contributed by atoms with Crippen molar-refractivity contribution >= 4 is 11.3 Å². The molecule has 1 aliphatic rings. The summed E-state index contributed by atoms with van der Waals surface area (Å²) < 4.78 is 1.64. The molecule has 1 saturated heterocycles. The highest BCUT2D eigenvalue weighted by Crippen LogP contribution is 2.21. The second-order valence-electron chi connectivity index (χ2n) is 6.63. The molecule has 0 unspecified atom stereocenters. The summed E-state index contributed by atoms with van der Waals surface area (Å²) >= 11 is 0. The van der Waals surface area contributed by atoms with Gasteiger partial charge in [0.25, 0.3) is 5.56 Å². The molecule has 1 N–H and O–H groups in total. The monoisotopic (exact) mass is 334 g/mol. The normalized spacial score (nSPS) is 14.9. The van der Waals surface area contributed by atoms with Crippen LogP contribution >= 0.6 is 0 Å². The van der Waals surface area contributed by atoms with Gasteiger partial charge in [-0.15, -0.1) is 0 Å². The van der Waals surface area contributed by atoms with Crippen LogP contribution in [0.25, 0.3) is 16.9 Å². The molecule has 0 aliphatic carbocycles. The van der Waals surface area contributed by atoms with Gasteiger partial charge in [0.1, 0.15) is 5.65 Å². The molecule has 1 aromatic carbocycles. The van der Waals surface area contributed by atoms with E-state index in [0.29, 0.717) is 5.65 Å². The molecule has 2 aromatic heterocycles. The Bertz CT molecular complexity index is 987. The van der Waals surface area contributed by atoms with E-state index in [4.69, 9.17) is 4.98 Å². The van der Waals surface area contributed by atoms with E-state index < -0.39 is 0 Å². The lowest BCUT2D eigenvalue weighted by atomic mass is 10.0. The van der Waals surface area contributed by atoms with E-state index in [1.165, 1.54) is 11.1 Å². The summed E-state index contributed by atoms with van der Waals surface area (Å²) in [6.45, 7) is 8.00. The molecule has 1 fully saturated rings. The van der Waals surface area contributed by atoms with Gasteiger partial charge >= 0.3 is 0 Å². The van der Waals surface area contributed by atoms with Crippen molar-refractivity contribution in [2.45, 2.75) is 13.8 Å². The Morgan fingerprint density at radius 1 is 1.00 bits per heavy atom. The third kappa shape index (κ3) is 3.03. The van der Waals surface area contributed by atoms with E-state index in [1.54, 1.807) is 10.5 Å². The van der Waals surface area contributed by atoms with Crippen molar-refractivity contribution in [2.75, 3.05) is 31.1 Å². The van der Waals surface area contributed by atoms with E-state index in [9.17, 15) is 4.79 Å². The maximum atomic E-state index is 12.7. The summed E-state index contributed by atoms with van der Waals surface area (Å²) in [4.78, 5) is 19.6. The topological polar surface area (TPSA) is 49.6 Å². The minimum absolute atomic E-state index is 0.0461. The first-order valence-electron chi connectivity index (χ1n) is 8.68. The van der Waals surface area contributed by atoms with Crippen LogP contribution in [0.4, 0.5) is 5.69 Å². The molecule has 128 valence electrons. The third-order valence-corrected chi connectivity index (χ3v) is 4.93. The van der Waals surface area contributed by atoms with Crippen molar-refractivity contribution in [1.29, 1.82) is 0 Å². The standard InChI is InChI=1S/C20H22N4O/c1-14-3-4-16(11-15(14)2)18-12-20(25)24-13-17(5-6-19(24)22-18)23-9-7-21-8-10-23/h3-6,11-13,21H,7-10H2,1-2H3. The number of nitrogens with zero attached hydrogens (tertiary/aromatic N) is 3. The molecule has 5 nitrogen and oxygen atoms in total. The zero-order chi connectivity index (χ0) is 17.4. The molecule has 0 amide bonds. The summed E-state index contributed by atoms with van der Waals surface area (Å²) in [6, 6.07) is 11.8. The molecule has 5 heteroatoms. The minimum Gasteiger partial charge on any atom is -0.368 e. The molecule has 25 heavy (non-hydrogen) atoms. The van der Waals surface area contributed by atoms with Crippen LogP contribution in [0.3, 0.4) is 0 Å². The molecule has 0 spiro atoms. The van der Waals surface area contributed by atoms with E-state index in [1.807, 2.05) is 18.3 Å². The molecule has 1 aliphatic heterocycles. The van der Waals surface area contributed by atoms with Crippen LogP contribution in [0, 0.1) is 13.8 Å². The quantitative estimate of drug-likeness (QED) is 0.782. The summed E-state index contributed by atoms with van der Waals surface area (Å²) in [5.41, 5.74) is 5.85. The molecule has 4 rings (SSSR count). The van der Waals surface area contributed by atoms with Gasteiger partial charge in [0.05, 0.1) is 11.4 Å². The van der Waals surface area contributed by atoms with E-state index in [2.05, 4.69) is 42.3 Å². The molecule has 0 atom stereocenters. The number of fused-ring (bicyclic) bond motifs is 1. The highest BCUT2D eigenvalue weighted by molar-refractivity contribution is 5.64. The average Bonchev–Trinajstić information content (AvgIpc) is 2.64. The van der Waals surface area contributed by atoms with Crippen molar-refractivity contribution in [3.8, 4) is 11.3 Å². The molecule has 0 bridgehead atoms. The van der Waals surface area contributed by atoms with E-state index in [0.717, 1.165) is 43.1 Å². The smallest absolute Gasteiger partial charge is 0.258 e. The first-order valence-corrected chi connectivity index (χ1v) is 8.68. The predicted octanol–water partition coefficient (Wildman–Crippen LogP) is 2.39. The van der Waals surface area contributed by atoms with Gasteiger partial charge in [-0.2, -0.15) is 0 Å². The predicted molar refractivity (Wildman–Crippen MR) is 101 cm³/mol. The number of hydrogen-bond donors (Lipinski definition) is 1. The van der Waals surface area contributed by atoms with Gasteiger partial charge in [-0.1, -0.05) is 12.1 Å².